The van der Waals surface area contributed by atoms with Gasteiger partial charge in [0.1, 0.15) is 5.75 Å². The highest BCUT2D eigenvalue weighted by Gasteiger charge is 2.41. The van der Waals surface area contributed by atoms with E-state index < -0.39 is 18.3 Å². The molecule has 0 aromatic heterocycles. The number of ether oxygens (including phenoxy) is 1. The summed E-state index contributed by atoms with van der Waals surface area (Å²) < 4.78 is 5.64. The summed E-state index contributed by atoms with van der Waals surface area (Å²) in [4.78, 5) is 13.7. The zero-order valence-electron chi connectivity index (χ0n) is 11.0. The van der Waals surface area contributed by atoms with Crippen LogP contribution in [0.5, 0.6) is 5.75 Å². The van der Waals surface area contributed by atoms with E-state index in [1.165, 1.54) is 4.90 Å². The minimum atomic E-state index is -1.03. The third-order valence-electron chi connectivity index (χ3n) is 3.00. The summed E-state index contributed by atoms with van der Waals surface area (Å²) in [6.07, 6.45) is -0.997. The Morgan fingerprint density at radius 1 is 1.47 bits per heavy atom. The molecule has 0 saturated carbocycles. The van der Waals surface area contributed by atoms with E-state index in [9.17, 15) is 9.90 Å². The van der Waals surface area contributed by atoms with Crippen molar-refractivity contribution in [3.05, 3.63) is 18.2 Å². The number of amides is 1. The van der Waals surface area contributed by atoms with Gasteiger partial charge in [-0.1, -0.05) is 0 Å². The van der Waals surface area contributed by atoms with Gasteiger partial charge in [0.2, 0.25) is 0 Å². The number of rotatable bonds is 3. The highest BCUT2D eigenvalue weighted by Crippen LogP contribution is 2.38. The van der Waals surface area contributed by atoms with Crippen LogP contribution in [0.15, 0.2) is 18.2 Å². The van der Waals surface area contributed by atoms with E-state index in [1.807, 2.05) is 0 Å². The number of carbonyl (C=O) groups excluding carboxylic acids is 1. The molecule has 1 aliphatic rings. The first kappa shape index (κ1) is 13.6. The average molecular weight is 266 g/mol. The Bertz CT molecular complexity index is 501. The van der Waals surface area contributed by atoms with Gasteiger partial charge in [0.15, 0.2) is 5.60 Å². The minimum Gasteiger partial charge on any atom is -0.476 e. The number of fused-ring (bicyclic) bond motifs is 1. The summed E-state index contributed by atoms with van der Waals surface area (Å²) in [5, 5.41) is 18.5. The zero-order chi connectivity index (χ0) is 14.2. The fourth-order valence-electron chi connectivity index (χ4n) is 2.04. The molecule has 0 fully saturated rings. The zero-order valence-corrected chi connectivity index (χ0v) is 11.0. The van der Waals surface area contributed by atoms with Crippen molar-refractivity contribution in [3.8, 4) is 5.75 Å². The molecule has 4 N–H and O–H groups in total. The number of nitrogens with zero attached hydrogens (tertiary/aromatic N) is 1. The predicted molar refractivity (Wildman–Crippen MR) is 71.0 cm³/mol. The molecule has 1 heterocycles. The van der Waals surface area contributed by atoms with Gasteiger partial charge in [-0.2, -0.15) is 0 Å². The van der Waals surface area contributed by atoms with Gasteiger partial charge < -0.3 is 25.6 Å². The highest BCUT2D eigenvalue weighted by molar-refractivity contribution is 6.02. The fourth-order valence-corrected chi connectivity index (χ4v) is 2.04. The summed E-state index contributed by atoms with van der Waals surface area (Å²) in [7, 11) is 0. The van der Waals surface area contributed by atoms with Crippen LogP contribution in [-0.4, -0.2) is 41.0 Å². The second-order valence-corrected chi connectivity index (χ2v) is 5.09. The molecule has 19 heavy (non-hydrogen) atoms. The van der Waals surface area contributed by atoms with Crippen molar-refractivity contribution >= 4 is 17.3 Å². The molecular weight excluding hydrogens is 248 g/mol. The Kier molecular flexibility index (Phi) is 3.38. The van der Waals surface area contributed by atoms with Gasteiger partial charge in [-0.05, 0) is 26.0 Å². The number of β-amino-alcohol motifs (C(OH)–C–C–N with tert-alkyl or cyclic N) is 1. The fraction of sp³-hybridized carbons (Fsp3) is 0.462. The summed E-state index contributed by atoms with van der Waals surface area (Å²) in [6.45, 7) is 2.91. The quantitative estimate of drug-likeness (QED) is 0.676. The van der Waals surface area contributed by atoms with Gasteiger partial charge >= 0.3 is 0 Å². The van der Waals surface area contributed by atoms with E-state index in [0.29, 0.717) is 17.1 Å². The average Bonchev–Trinajstić information content (AvgIpc) is 2.34. The largest absolute Gasteiger partial charge is 0.476 e. The number of benzene rings is 1. The third kappa shape index (κ3) is 2.50. The van der Waals surface area contributed by atoms with E-state index in [4.69, 9.17) is 15.6 Å². The first-order valence-electron chi connectivity index (χ1n) is 6.04. The Hall–Kier alpha value is -1.79. The molecule has 0 bridgehead atoms. The van der Waals surface area contributed by atoms with E-state index in [-0.39, 0.29) is 12.5 Å². The summed E-state index contributed by atoms with van der Waals surface area (Å²) in [6, 6.07) is 4.97. The van der Waals surface area contributed by atoms with Crippen molar-refractivity contribution < 1.29 is 19.7 Å². The van der Waals surface area contributed by atoms with Crippen LogP contribution in [0.4, 0.5) is 11.4 Å². The third-order valence-corrected chi connectivity index (χ3v) is 3.00. The maximum absolute atomic E-state index is 12.3. The maximum atomic E-state index is 12.3. The Morgan fingerprint density at radius 2 is 2.16 bits per heavy atom. The highest BCUT2D eigenvalue weighted by atomic mass is 16.5. The molecule has 2 rings (SSSR count). The van der Waals surface area contributed by atoms with Crippen LogP contribution in [0.2, 0.25) is 0 Å². The number of hydrogen-bond donors (Lipinski definition) is 3. The lowest BCUT2D eigenvalue weighted by molar-refractivity contribution is -0.133. The normalized spacial score (nSPS) is 18.7. The molecule has 1 aromatic carbocycles. The number of anilines is 2. The summed E-state index contributed by atoms with van der Waals surface area (Å²) >= 11 is 0. The minimum absolute atomic E-state index is 0.0129. The molecule has 6 heteroatoms. The topological polar surface area (TPSA) is 96.0 Å². The monoisotopic (exact) mass is 266 g/mol. The smallest absolute Gasteiger partial charge is 0.270 e. The second kappa shape index (κ2) is 4.71. The van der Waals surface area contributed by atoms with E-state index in [0.717, 1.165) is 0 Å². The number of carbonyl (C=O) groups is 1. The lowest BCUT2D eigenvalue weighted by Crippen LogP contribution is -2.54. The van der Waals surface area contributed by atoms with Crippen LogP contribution < -0.4 is 15.4 Å². The molecular formula is C13H18N2O4. The molecule has 104 valence electrons. The Labute approximate surface area is 111 Å². The predicted octanol–water partition coefficient (Wildman–Crippen LogP) is 0.126. The molecule has 0 spiro atoms. The molecule has 6 nitrogen and oxygen atoms in total. The number of nitrogen functional groups attached to an aromatic ring is 1. The molecule has 0 radical (unpaired) electrons. The van der Waals surface area contributed by atoms with Gasteiger partial charge in [0, 0.05) is 11.8 Å². The van der Waals surface area contributed by atoms with Crippen LogP contribution in [0.3, 0.4) is 0 Å². The van der Waals surface area contributed by atoms with Crippen LogP contribution in [0.1, 0.15) is 13.8 Å². The molecule has 0 saturated heterocycles. The molecule has 1 atom stereocenters. The van der Waals surface area contributed by atoms with Crippen molar-refractivity contribution in [3.63, 3.8) is 0 Å². The van der Waals surface area contributed by atoms with Gasteiger partial charge in [-0.25, -0.2) is 0 Å². The first-order chi connectivity index (χ1) is 8.85. The van der Waals surface area contributed by atoms with Crippen molar-refractivity contribution in [2.24, 2.45) is 0 Å². The first-order valence-corrected chi connectivity index (χ1v) is 6.04. The second-order valence-electron chi connectivity index (χ2n) is 5.09. The van der Waals surface area contributed by atoms with E-state index in [2.05, 4.69) is 0 Å². The molecule has 1 amide bonds. The molecule has 1 aliphatic heterocycles. The number of nitrogens with two attached hydrogens (primary N) is 1. The lowest BCUT2D eigenvalue weighted by atomic mass is 10.0. The molecule has 1 unspecified atom stereocenters. The maximum Gasteiger partial charge on any atom is 0.270 e. The van der Waals surface area contributed by atoms with Gasteiger partial charge in [-0.15, -0.1) is 0 Å². The molecule has 1 aromatic rings. The standard InChI is InChI=1S/C13H18N2O4/c1-13(2)12(18)15(6-9(17)7-16)10-4-3-8(14)5-11(10)19-13/h3-5,9,16-17H,6-7,14H2,1-2H3. The van der Waals surface area contributed by atoms with Crippen LogP contribution >= 0.6 is 0 Å². The number of hydrogen-bond acceptors (Lipinski definition) is 5. The van der Waals surface area contributed by atoms with Crippen molar-refractivity contribution in [2.75, 3.05) is 23.8 Å². The Morgan fingerprint density at radius 3 is 2.79 bits per heavy atom. The van der Waals surface area contributed by atoms with Gasteiger partial charge in [-0.3, -0.25) is 4.79 Å². The SMILES string of the molecule is CC1(C)Oc2cc(N)ccc2N(CC(O)CO)C1=O. The van der Waals surface area contributed by atoms with Gasteiger partial charge in [0.05, 0.1) is 24.9 Å². The van der Waals surface area contributed by atoms with Crippen LogP contribution in [0.25, 0.3) is 0 Å². The van der Waals surface area contributed by atoms with Crippen molar-refractivity contribution in [1.29, 1.82) is 0 Å². The van der Waals surface area contributed by atoms with Crippen molar-refractivity contribution in [2.45, 2.75) is 25.6 Å². The molecule has 0 aliphatic carbocycles. The number of aliphatic hydroxyl groups is 2. The summed E-state index contributed by atoms with van der Waals surface area (Å²) in [5.41, 5.74) is 5.75. The van der Waals surface area contributed by atoms with Crippen molar-refractivity contribution in [1.82, 2.24) is 0 Å². The number of aliphatic hydroxyl groups excluding tert-OH is 2. The van der Waals surface area contributed by atoms with Crippen LogP contribution in [-0.2, 0) is 4.79 Å². The van der Waals surface area contributed by atoms with E-state index in [1.54, 1.807) is 32.0 Å². The van der Waals surface area contributed by atoms with Crippen LogP contribution in [0, 0.1) is 0 Å². The van der Waals surface area contributed by atoms with Gasteiger partial charge in [0.25, 0.3) is 5.91 Å². The van der Waals surface area contributed by atoms with E-state index >= 15 is 0 Å². The lowest BCUT2D eigenvalue weighted by Gasteiger charge is -2.39. The Balaban J connectivity index is 2.43. The summed E-state index contributed by atoms with van der Waals surface area (Å²) in [5.74, 6) is 0.229.